The van der Waals surface area contributed by atoms with E-state index in [9.17, 15) is 0 Å². The fourth-order valence-electron chi connectivity index (χ4n) is 0.983. The average Bonchev–Trinajstić information content (AvgIpc) is 2.03. The SMILES string of the molecule is CN(O)CCc1ccccc1Br. The van der Waals surface area contributed by atoms with E-state index in [0.29, 0.717) is 6.54 Å². The summed E-state index contributed by atoms with van der Waals surface area (Å²) < 4.78 is 1.10. The van der Waals surface area contributed by atoms with E-state index in [2.05, 4.69) is 15.9 Å². The van der Waals surface area contributed by atoms with Gasteiger partial charge in [-0.25, -0.2) is 0 Å². The first-order valence-corrected chi connectivity index (χ1v) is 4.63. The molecule has 2 nitrogen and oxygen atoms in total. The quantitative estimate of drug-likeness (QED) is 0.805. The Morgan fingerprint density at radius 1 is 1.42 bits per heavy atom. The van der Waals surface area contributed by atoms with Crippen molar-refractivity contribution < 1.29 is 5.21 Å². The van der Waals surface area contributed by atoms with E-state index in [4.69, 9.17) is 5.21 Å². The van der Waals surface area contributed by atoms with Crippen LogP contribution in [0.25, 0.3) is 0 Å². The van der Waals surface area contributed by atoms with Crippen LogP contribution in [0.15, 0.2) is 28.7 Å². The molecule has 0 aliphatic rings. The number of benzene rings is 1. The molecule has 0 fully saturated rings. The van der Waals surface area contributed by atoms with E-state index in [0.717, 1.165) is 10.9 Å². The predicted octanol–water partition coefficient (Wildman–Crippen LogP) is 2.31. The van der Waals surface area contributed by atoms with Crippen molar-refractivity contribution in [2.24, 2.45) is 0 Å². The summed E-state index contributed by atoms with van der Waals surface area (Å²) in [7, 11) is 1.65. The highest BCUT2D eigenvalue weighted by Crippen LogP contribution is 2.16. The lowest BCUT2D eigenvalue weighted by atomic mass is 10.1. The number of nitrogens with zero attached hydrogens (tertiary/aromatic N) is 1. The smallest absolute Gasteiger partial charge is 0.0275 e. The molecule has 0 aromatic heterocycles. The molecule has 1 N–H and O–H groups in total. The van der Waals surface area contributed by atoms with Gasteiger partial charge in [-0.2, -0.15) is 5.06 Å². The van der Waals surface area contributed by atoms with Gasteiger partial charge < -0.3 is 5.21 Å². The average molecular weight is 230 g/mol. The van der Waals surface area contributed by atoms with E-state index in [1.165, 1.54) is 10.6 Å². The second-order valence-electron chi connectivity index (χ2n) is 2.72. The minimum atomic E-state index is 0.655. The highest BCUT2D eigenvalue weighted by atomic mass is 79.9. The minimum absolute atomic E-state index is 0.655. The largest absolute Gasteiger partial charge is 0.314 e. The molecule has 1 rings (SSSR count). The van der Waals surface area contributed by atoms with Crippen molar-refractivity contribution in [3.63, 3.8) is 0 Å². The Morgan fingerprint density at radius 2 is 2.08 bits per heavy atom. The maximum atomic E-state index is 8.92. The molecule has 0 bridgehead atoms. The Kier molecular flexibility index (Phi) is 3.72. The first-order chi connectivity index (χ1) is 5.70. The molecule has 0 atom stereocenters. The van der Waals surface area contributed by atoms with Gasteiger partial charge >= 0.3 is 0 Å². The third kappa shape index (κ3) is 2.93. The Bertz CT molecular complexity index is 250. The van der Waals surface area contributed by atoms with Gasteiger partial charge in [-0.1, -0.05) is 34.1 Å². The monoisotopic (exact) mass is 229 g/mol. The highest BCUT2D eigenvalue weighted by Gasteiger charge is 1.98. The molecule has 0 heterocycles. The van der Waals surface area contributed by atoms with Crippen LogP contribution in [-0.2, 0) is 6.42 Å². The topological polar surface area (TPSA) is 23.5 Å². The van der Waals surface area contributed by atoms with Crippen LogP contribution in [-0.4, -0.2) is 23.9 Å². The molecule has 3 heteroatoms. The van der Waals surface area contributed by atoms with Crippen LogP contribution >= 0.6 is 15.9 Å². The fraction of sp³-hybridized carbons (Fsp3) is 0.333. The summed E-state index contributed by atoms with van der Waals surface area (Å²) >= 11 is 3.45. The van der Waals surface area contributed by atoms with Crippen LogP contribution in [0.2, 0.25) is 0 Å². The zero-order chi connectivity index (χ0) is 8.97. The van der Waals surface area contributed by atoms with Crippen molar-refractivity contribution in [3.8, 4) is 0 Å². The summed E-state index contributed by atoms with van der Waals surface area (Å²) in [6, 6.07) is 8.04. The summed E-state index contributed by atoms with van der Waals surface area (Å²) in [5.41, 5.74) is 1.22. The van der Waals surface area contributed by atoms with Gasteiger partial charge in [0.25, 0.3) is 0 Å². The Labute approximate surface area is 80.9 Å². The Hall–Kier alpha value is -0.380. The van der Waals surface area contributed by atoms with E-state index in [-0.39, 0.29) is 0 Å². The van der Waals surface area contributed by atoms with E-state index >= 15 is 0 Å². The maximum Gasteiger partial charge on any atom is 0.0275 e. The molecule has 66 valence electrons. The molecule has 0 aliphatic heterocycles. The number of rotatable bonds is 3. The summed E-state index contributed by atoms with van der Waals surface area (Å²) in [4.78, 5) is 0. The number of likely N-dealkylation sites (N-methyl/N-ethyl adjacent to an activating group) is 1. The summed E-state index contributed by atoms with van der Waals surface area (Å²) in [5, 5.41) is 10.1. The molecule has 1 aromatic carbocycles. The Balaban J connectivity index is 2.57. The van der Waals surface area contributed by atoms with Gasteiger partial charge in [0, 0.05) is 18.1 Å². The van der Waals surface area contributed by atoms with Crippen LogP contribution in [0.3, 0.4) is 0 Å². The molecule has 0 aliphatic carbocycles. The van der Waals surface area contributed by atoms with Gasteiger partial charge in [-0.3, -0.25) is 0 Å². The second kappa shape index (κ2) is 4.60. The van der Waals surface area contributed by atoms with Crippen molar-refractivity contribution in [1.82, 2.24) is 5.06 Å². The van der Waals surface area contributed by atoms with Gasteiger partial charge in [0.2, 0.25) is 0 Å². The number of hydrogen-bond donors (Lipinski definition) is 1. The molecule has 12 heavy (non-hydrogen) atoms. The summed E-state index contributed by atoms with van der Waals surface area (Å²) in [6.07, 6.45) is 0.856. The van der Waals surface area contributed by atoms with Crippen molar-refractivity contribution in [1.29, 1.82) is 0 Å². The first kappa shape index (κ1) is 9.71. The van der Waals surface area contributed by atoms with Crippen molar-refractivity contribution in [2.75, 3.05) is 13.6 Å². The third-order valence-electron chi connectivity index (χ3n) is 1.66. The zero-order valence-electron chi connectivity index (χ0n) is 7.00. The van der Waals surface area contributed by atoms with Crippen LogP contribution in [0, 0.1) is 0 Å². The molecule has 0 radical (unpaired) electrons. The van der Waals surface area contributed by atoms with E-state index < -0.39 is 0 Å². The second-order valence-corrected chi connectivity index (χ2v) is 3.58. The molecule has 1 aromatic rings. The molecule has 0 spiro atoms. The predicted molar refractivity (Wildman–Crippen MR) is 52.3 cm³/mol. The van der Waals surface area contributed by atoms with Gasteiger partial charge in [-0.05, 0) is 18.1 Å². The molecular weight excluding hydrogens is 218 g/mol. The van der Waals surface area contributed by atoms with Crippen LogP contribution in [0.1, 0.15) is 5.56 Å². The lowest BCUT2D eigenvalue weighted by molar-refractivity contribution is -0.0634. The molecule has 0 unspecified atom stereocenters. The standard InChI is InChI=1S/C9H12BrNO/c1-11(12)7-6-8-4-2-3-5-9(8)10/h2-5,12H,6-7H2,1H3. The lowest BCUT2D eigenvalue weighted by Crippen LogP contribution is -2.16. The van der Waals surface area contributed by atoms with Crippen LogP contribution in [0.4, 0.5) is 0 Å². The normalized spacial score (nSPS) is 10.7. The van der Waals surface area contributed by atoms with E-state index in [1.54, 1.807) is 7.05 Å². The van der Waals surface area contributed by atoms with Gasteiger partial charge in [0.15, 0.2) is 0 Å². The summed E-state index contributed by atoms with van der Waals surface area (Å²) in [5.74, 6) is 0. The number of hydroxylamine groups is 2. The van der Waals surface area contributed by atoms with Crippen molar-refractivity contribution in [2.45, 2.75) is 6.42 Å². The highest BCUT2D eigenvalue weighted by molar-refractivity contribution is 9.10. The van der Waals surface area contributed by atoms with Crippen molar-refractivity contribution in [3.05, 3.63) is 34.3 Å². The fourth-order valence-corrected chi connectivity index (χ4v) is 1.47. The van der Waals surface area contributed by atoms with Crippen molar-refractivity contribution >= 4 is 15.9 Å². The van der Waals surface area contributed by atoms with Crippen LogP contribution in [0.5, 0.6) is 0 Å². The minimum Gasteiger partial charge on any atom is -0.314 e. The number of hydrogen-bond acceptors (Lipinski definition) is 2. The van der Waals surface area contributed by atoms with Gasteiger partial charge in [-0.15, -0.1) is 0 Å². The Morgan fingerprint density at radius 3 is 2.67 bits per heavy atom. The zero-order valence-corrected chi connectivity index (χ0v) is 8.58. The lowest BCUT2D eigenvalue weighted by Gasteiger charge is -2.08. The molecule has 0 saturated heterocycles. The summed E-state index contributed by atoms with van der Waals surface area (Å²) in [6.45, 7) is 0.655. The third-order valence-corrected chi connectivity index (χ3v) is 2.44. The number of halogens is 1. The first-order valence-electron chi connectivity index (χ1n) is 3.83. The van der Waals surface area contributed by atoms with Crippen LogP contribution < -0.4 is 0 Å². The molecular formula is C9H12BrNO. The van der Waals surface area contributed by atoms with Gasteiger partial charge in [0.1, 0.15) is 0 Å². The van der Waals surface area contributed by atoms with Gasteiger partial charge in [0.05, 0.1) is 0 Å². The molecule has 0 amide bonds. The molecule has 0 saturated carbocycles. The maximum absolute atomic E-state index is 8.92. The van der Waals surface area contributed by atoms with E-state index in [1.807, 2.05) is 24.3 Å².